The molecule has 0 saturated heterocycles. The van der Waals surface area contributed by atoms with Crippen molar-refractivity contribution < 1.29 is 18.7 Å². The Kier molecular flexibility index (Phi) is 3.99. The first-order chi connectivity index (χ1) is 14.7. The highest BCUT2D eigenvalue weighted by Crippen LogP contribution is 2.47. The second-order valence-corrected chi connectivity index (χ2v) is 8.90. The molecule has 0 bridgehead atoms. The normalized spacial score (nSPS) is 15.7. The molecule has 0 aliphatic carbocycles. The number of nitrogens with zero attached hydrogens (tertiary/aromatic N) is 2. The number of hydrogen-bond acceptors (Lipinski definition) is 4. The molecule has 1 atom stereocenters. The summed E-state index contributed by atoms with van der Waals surface area (Å²) < 4.78 is 23.1. The molecule has 8 heteroatoms. The Balaban J connectivity index is 1.88. The number of aromatic amines is 1. The van der Waals surface area contributed by atoms with Gasteiger partial charge in [-0.05, 0) is 24.0 Å². The van der Waals surface area contributed by atoms with Gasteiger partial charge in [0.1, 0.15) is 16.8 Å². The number of rotatable bonds is 2. The number of carbonyl (C=O) groups is 1. The van der Waals surface area contributed by atoms with E-state index in [-0.39, 0.29) is 22.9 Å². The summed E-state index contributed by atoms with van der Waals surface area (Å²) in [6.45, 7) is 6.00. The van der Waals surface area contributed by atoms with Crippen molar-refractivity contribution >= 4 is 16.9 Å². The van der Waals surface area contributed by atoms with Crippen LogP contribution in [0.4, 0.5) is 4.39 Å². The summed E-state index contributed by atoms with van der Waals surface area (Å²) in [6.07, 6.45) is 3.38. The lowest BCUT2D eigenvalue weighted by Gasteiger charge is -2.37. The van der Waals surface area contributed by atoms with E-state index >= 15 is 4.39 Å². The van der Waals surface area contributed by atoms with Crippen LogP contribution in [0.3, 0.4) is 0 Å². The highest BCUT2D eigenvalue weighted by Gasteiger charge is 2.39. The summed E-state index contributed by atoms with van der Waals surface area (Å²) in [5.41, 5.74) is 0.805. The van der Waals surface area contributed by atoms with Crippen LogP contribution < -0.4 is 5.43 Å². The number of carboxylic acid groups (broad SMARTS) is 1. The van der Waals surface area contributed by atoms with Gasteiger partial charge in [0.25, 0.3) is 0 Å². The molecular formula is C23H20FN3O4. The van der Waals surface area contributed by atoms with Gasteiger partial charge in [-0.2, -0.15) is 5.10 Å². The number of hydrogen-bond donors (Lipinski definition) is 2. The second-order valence-electron chi connectivity index (χ2n) is 8.90. The molecule has 4 aromatic rings. The van der Waals surface area contributed by atoms with E-state index in [1.54, 1.807) is 10.8 Å². The fraction of sp³-hybridized carbons (Fsp3) is 0.261. The number of carboxylic acids is 1. The molecule has 158 valence electrons. The molecule has 1 aliphatic heterocycles. The number of aromatic carboxylic acids is 1. The minimum absolute atomic E-state index is 0.0112. The largest absolute Gasteiger partial charge is 0.477 e. The van der Waals surface area contributed by atoms with Crippen LogP contribution in [0, 0.1) is 11.2 Å². The van der Waals surface area contributed by atoms with Crippen molar-refractivity contribution in [3.8, 4) is 22.7 Å². The van der Waals surface area contributed by atoms with E-state index in [4.69, 9.17) is 4.42 Å². The van der Waals surface area contributed by atoms with Crippen molar-refractivity contribution in [2.45, 2.75) is 33.2 Å². The molecule has 1 unspecified atom stereocenters. The highest BCUT2D eigenvalue weighted by atomic mass is 19.1. The van der Waals surface area contributed by atoms with Crippen LogP contribution in [-0.4, -0.2) is 25.8 Å². The van der Waals surface area contributed by atoms with Gasteiger partial charge in [-0.3, -0.25) is 9.89 Å². The number of aromatic nitrogens is 3. The maximum atomic E-state index is 15.4. The Labute approximate surface area is 176 Å². The van der Waals surface area contributed by atoms with Crippen LogP contribution >= 0.6 is 0 Å². The molecule has 2 N–H and O–H groups in total. The van der Waals surface area contributed by atoms with Gasteiger partial charge in [0.05, 0.1) is 5.69 Å². The van der Waals surface area contributed by atoms with Gasteiger partial charge < -0.3 is 14.1 Å². The zero-order chi connectivity index (χ0) is 22.1. The number of H-pyrrole nitrogens is 1. The third kappa shape index (κ3) is 2.74. The van der Waals surface area contributed by atoms with E-state index in [1.807, 2.05) is 45.0 Å². The number of halogens is 1. The molecule has 3 aromatic heterocycles. The molecule has 1 aliphatic rings. The van der Waals surface area contributed by atoms with Crippen molar-refractivity contribution in [3.63, 3.8) is 0 Å². The number of para-hydroxylation sites is 1. The predicted molar refractivity (Wildman–Crippen MR) is 113 cm³/mol. The fourth-order valence-electron chi connectivity index (χ4n) is 4.41. The van der Waals surface area contributed by atoms with E-state index < -0.39 is 22.8 Å². The van der Waals surface area contributed by atoms with E-state index in [0.717, 1.165) is 22.2 Å². The average Bonchev–Trinajstić information content (AvgIpc) is 3.36. The molecule has 0 saturated carbocycles. The number of furan rings is 1. The molecule has 4 heterocycles. The van der Waals surface area contributed by atoms with Crippen molar-refractivity contribution in [1.29, 1.82) is 0 Å². The maximum Gasteiger partial charge on any atom is 0.341 e. The van der Waals surface area contributed by atoms with E-state index in [1.165, 1.54) is 6.20 Å². The van der Waals surface area contributed by atoms with Crippen LogP contribution in [0.5, 0.6) is 0 Å². The molecule has 7 nitrogen and oxygen atoms in total. The van der Waals surface area contributed by atoms with E-state index in [0.29, 0.717) is 12.0 Å². The Hall–Kier alpha value is -3.68. The van der Waals surface area contributed by atoms with Crippen molar-refractivity contribution in [2.75, 3.05) is 0 Å². The minimum atomic E-state index is -1.45. The molecule has 5 rings (SSSR count). The number of nitrogens with one attached hydrogen (secondary N) is 1. The maximum absolute atomic E-state index is 15.4. The van der Waals surface area contributed by atoms with Gasteiger partial charge in [-0.1, -0.05) is 32.9 Å². The predicted octanol–water partition coefficient (Wildman–Crippen LogP) is 4.63. The molecular weight excluding hydrogens is 401 g/mol. The van der Waals surface area contributed by atoms with Gasteiger partial charge in [0, 0.05) is 34.9 Å². The Morgan fingerprint density at radius 1 is 1.32 bits per heavy atom. The summed E-state index contributed by atoms with van der Waals surface area (Å²) in [7, 11) is 0. The fourth-order valence-corrected chi connectivity index (χ4v) is 4.41. The van der Waals surface area contributed by atoms with Crippen LogP contribution in [0.15, 0.2) is 45.9 Å². The molecule has 0 amide bonds. The molecule has 0 fully saturated rings. The standard InChI is InChI=1S/C23H20FN3O4/c1-23(2,3)16-9-13-11-5-4-6-12(15-7-8-25-26-15)20(11)31-21(13)18-17(24)19(28)14(22(29)30)10-27(16)18/h4-8,10,16H,9H2,1-3H3,(H,25,26)(H,29,30). The van der Waals surface area contributed by atoms with Gasteiger partial charge in [-0.15, -0.1) is 0 Å². The van der Waals surface area contributed by atoms with Crippen LogP contribution in [0.2, 0.25) is 0 Å². The first-order valence-corrected chi connectivity index (χ1v) is 9.91. The summed E-state index contributed by atoms with van der Waals surface area (Å²) in [6, 6.07) is 7.22. The molecule has 0 spiro atoms. The Morgan fingerprint density at radius 2 is 2.10 bits per heavy atom. The topological polar surface area (TPSA) is 101 Å². The van der Waals surface area contributed by atoms with Crippen molar-refractivity contribution in [2.24, 2.45) is 5.41 Å². The van der Waals surface area contributed by atoms with Gasteiger partial charge in [0.15, 0.2) is 11.6 Å². The second kappa shape index (κ2) is 6.41. The van der Waals surface area contributed by atoms with Crippen molar-refractivity contribution in [1.82, 2.24) is 14.8 Å². The average molecular weight is 421 g/mol. The minimum Gasteiger partial charge on any atom is -0.477 e. The third-order valence-corrected chi connectivity index (χ3v) is 5.97. The van der Waals surface area contributed by atoms with Gasteiger partial charge in [0.2, 0.25) is 5.43 Å². The highest BCUT2D eigenvalue weighted by molar-refractivity contribution is 5.97. The van der Waals surface area contributed by atoms with Crippen LogP contribution in [-0.2, 0) is 6.42 Å². The molecule has 0 radical (unpaired) electrons. The zero-order valence-corrected chi connectivity index (χ0v) is 17.2. The van der Waals surface area contributed by atoms with Crippen LogP contribution in [0.1, 0.15) is 42.7 Å². The lowest BCUT2D eigenvalue weighted by Crippen LogP contribution is -2.34. The lowest BCUT2D eigenvalue weighted by molar-refractivity contribution is 0.0692. The lowest BCUT2D eigenvalue weighted by atomic mass is 9.79. The number of pyridine rings is 1. The Bertz CT molecular complexity index is 1410. The SMILES string of the molecule is CC(C)(C)C1Cc2c(oc3c(-c4ccn[nH]4)cccc23)-c2c(F)c(=O)c(C(=O)O)cn21. The van der Waals surface area contributed by atoms with Crippen LogP contribution in [0.25, 0.3) is 33.7 Å². The quantitative estimate of drug-likeness (QED) is 0.491. The first-order valence-electron chi connectivity index (χ1n) is 9.91. The number of benzene rings is 1. The summed E-state index contributed by atoms with van der Waals surface area (Å²) in [5, 5.41) is 17.2. The molecule has 31 heavy (non-hydrogen) atoms. The third-order valence-electron chi connectivity index (χ3n) is 5.97. The molecule has 1 aromatic carbocycles. The zero-order valence-electron chi connectivity index (χ0n) is 17.2. The monoisotopic (exact) mass is 421 g/mol. The first kappa shape index (κ1) is 19.3. The van der Waals surface area contributed by atoms with E-state index in [9.17, 15) is 14.7 Å². The summed E-state index contributed by atoms with van der Waals surface area (Å²) in [5.74, 6) is -2.31. The Morgan fingerprint density at radius 3 is 2.74 bits per heavy atom. The number of fused-ring (bicyclic) bond motifs is 5. The van der Waals surface area contributed by atoms with Gasteiger partial charge in [-0.25, -0.2) is 9.18 Å². The summed E-state index contributed by atoms with van der Waals surface area (Å²) in [4.78, 5) is 24.1. The summed E-state index contributed by atoms with van der Waals surface area (Å²) >= 11 is 0. The van der Waals surface area contributed by atoms with E-state index in [2.05, 4.69) is 10.2 Å². The smallest absolute Gasteiger partial charge is 0.341 e. The van der Waals surface area contributed by atoms with Crippen molar-refractivity contribution in [3.05, 3.63) is 63.8 Å². The van der Waals surface area contributed by atoms with Gasteiger partial charge >= 0.3 is 5.97 Å².